The van der Waals surface area contributed by atoms with Crippen LogP contribution < -0.4 is 10.6 Å². The van der Waals surface area contributed by atoms with Crippen molar-refractivity contribution in [1.82, 2.24) is 4.98 Å². The Labute approximate surface area is 97.7 Å². The predicted octanol–water partition coefficient (Wildman–Crippen LogP) is 2.04. The summed E-state index contributed by atoms with van der Waals surface area (Å²) in [6.45, 7) is 4.01. The fourth-order valence-corrected chi connectivity index (χ4v) is 2.79. The average Bonchev–Trinajstić information content (AvgIpc) is 2.80. The summed E-state index contributed by atoms with van der Waals surface area (Å²) in [7, 11) is 0. The van der Waals surface area contributed by atoms with Crippen LogP contribution in [0.4, 0.5) is 5.82 Å². The normalized spacial score (nSPS) is 24.6. The quantitative estimate of drug-likeness (QED) is 0.842. The molecule has 1 aliphatic rings. The summed E-state index contributed by atoms with van der Waals surface area (Å²) in [5.74, 6) is 1.73. The first-order chi connectivity index (χ1) is 7.86. The van der Waals surface area contributed by atoms with E-state index in [9.17, 15) is 0 Å². The lowest BCUT2D eigenvalue weighted by Gasteiger charge is -2.32. The fraction of sp³-hybridized carbons (Fsp3) is 0.615. The first-order valence-electron chi connectivity index (χ1n) is 6.24. The molecule has 0 bridgehead atoms. The average molecular weight is 219 g/mol. The number of aromatic nitrogens is 1. The molecular formula is C13H21N3. The molecule has 1 aromatic rings. The van der Waals surface area contributed by atoms with Crippen molar-refractivity contribution in [2.45, 2.75) is 32.2 Å². The van der Waals surface area contributed by atoms with Gasteiger partial charge >= 0.3 is 0 Å². The van der Waals surface area contributed by atoms with Gasteiger partial charge in [-0.1, -0.05) is 12.5 Å². The Morgan fingerprint density at radius 3 is 2.94 bits per heavy atom. The van der Waals surface area contributed by atoms with Gasteiger partial charge in [-0.05, 0) is 44.4 Å². The van der Waals surface area contributed by atoms with Crippen molar-refractivity contribution in [2.75, 3.05) is 18.0 Å². The lowest BCUT2D eigenvalue weighted by molar-refractivity contribution is 0.459. The zero-order chi connectivity index (χ0) is 11.4. The maximum absolute atomic E-state index is 5.85. The lowest BCUT2D eigenvalue weighted by atomic mass is 10.0. The van der Waals surface area contributed by atoms with Gasteiger partial charge in [-0.15, -0.1) is 0 Å². The molecular weight excluding hydrogens is 198 g/mol. The Morgan fingerprint density at radius 2 is 2.31 bits per heavy atom. The molecule has 0 saturated heterocycles. The maximum atomic E-state index is 5.85. The molecule has 2 atom stereocenters. The van der Waals surface area contributed by atoms with E-state index in [2.05, 4.69) is 28.9 Å². The highest BCUT2D eigenvalue weighted by Crippen LogP contribution is 2.31. The zero-order valence-electron chi connectivity index (χ0n) is 9.97. The number of hydrogen-bond donors (Lipinski definition) is 1. The molecule has 1 saturated carbocycles. The van der Waals surface area contributed by atoms with Gasteiger partial charge in [0.15, 0.2) is 0 Å². The summed E-state index contributed by atoms with van der Waals surface area (Å²) in [6.07, 6.45) is 5.69. The molecule has 2 unspecified atom stereocenters. The second-order valence-electron chi connectivity index (χ2n) is 4.47. The Morgan fingerprint density at radius 1 is 1.44 bits per heavy atom. The van der Waals surface area contributed by atoms with Gasteiger partial charge in [-0.2, -0.15) is 0 Å². The summed E-state index contributed by atoms with van der Waals surface area (Å²) < 4.78 is 0. The molecule has 3 nitrogen and oxygen atoms in total. The Kier molecular flexibility index (Phi) is 3.78. The molecule has 2 rings (SSSR count). The first-order valence-corrected chi connectivity index (χ1v) is 6.24. The van der Waals surface area contributed by atoms with Crippen LogP contribution in [0.25, 0.3) is 0 Å². The van der Waals surface area contributed by atoms with Gasteiger partial charge in [0.05, 0.1) is 0 Å². The molecule has 0 aromatic carbocycles. The molecule has 3 heteroatoms. The topological polar surface area (TPSA) is 42.2 Å². The van der Waals surface area contributed by atoms with Crippen molar-refractivity contribution >= 4 is 5.82 Å². The van der Waals surface area contributed by atoms with Crippen molar-refractivity contribution in [3.63, 3.8) is 0 Å². The minimum atomic E-state index is 0.588. The van der Waals surface area contributed by atoms with Crippen LogP contribution in [0.15, 0.2) is 24.4 Å². The number of hydrogen-bond acceptors (Lipinski definition) is 3. The molecule has 1 heterocycles. The molecule has 1 fully saturated rings. The van der Waals surface area contributed by atoms with Crippen molar-refractivity contribution in [3.05, 3.63) is 24.4 Å². The number of rotatable bonds is 4. The standard InChI is InChI=1S/C13H21N3/c1-2-16(13-8-3-4-9-15-13)12-7-5-6-11(12)10-14/h3-4,8-9,11-12H,2,5-7,10,14H2,1H3. The van der Waals surface area contributed by atoms with Gasteiger partial charge in [0.1, 0.15) is 5.82 Å². The minimum absolute atomic E-state index is 0.588. The van der Waals surface area contributed by atoms with Gasteiger partial charge in [-0.3, -0.25) is 0 Å². The molecule has 1 aromatic heterocycles. The number of nitrogens with zero attached hydrogens (tertiary/aromatic N) is 2. The molecule has 16 heavy (non-hydrogen) atoms. The van der Waals surface area contributed by atoms with E-state index in [0.717, 1.165) is 18.9 Å². The van der Waals surface area contributed by atoms with Gasteiger partial charge in [0, 0.05) is 18.8 Å². The third-order valence-corrected chi connectivity index (χ3v) is 3.61. The third kappa shape index (κ3) is 2.19. The molecule has 0 spiro atoms. The second kappa shape index (κ2) is 5.30. The molecule has 88 valence electrons. The monoisotopic (exact) mass is 219 g/mol. The molecule has 0 amide bonds. The van der Waals surface area contributed by atoms with E-state index in [1.807, 2.05) is 12.3 Å². The van der Waals surface area contributed by atoms with Crippen molar-refractivity contribution in [3.8, 4) is 0 Å². The SMILES string of the molecule is CCN(c1ccccn1)C1CCCC1CN. The summed E-state index contributed by atoms with van der Waals surface area (Å²) in [6, 6.07) is 6.70. The Balaban J connectivity index is 2.16. The zero-order valence-corrected chi connectivity index (χ0v) is 9.97. The van der Waals surface area contributed by atoms with E-state index < -0.39 is 0 Å². The molecule has 1 aliphatic carbocycles. The summed E-state index contributed by atoms with van der Waals surface area (Å²) >= 11 is 0. The summed E-state index contributed by atoms with van der Waals surface area (Å²) in [5, 5.41) is 0. The van der Waals surface area contributed by atoms with Gasteiger partial charge < -0.3 is 10.6 Å². The number of pyridine rings is 1. The Bertz CT molecular complexity index is 312. The lowest BCUT2D eigenvalue weighted by Crippen LogP contribution is -2.40. The number of nitrogens with two attached hydrogens (primary N) is 1. The Hall–Kier alpha value is -1.09. The predicted molar refractivity (Wildman–Crippen MR) is 67.4 cm³/mol. The largest absolute Gasteiger partial charge is 0.354 e. The van der Waals surface area contributed by atoms with Crippen LogP contribution in [0.5, 0.6) is 0 Å². The van der Waals surface area contributed by atoms with Crippen LogP contribution in [0.1, 0.15) is 26.2 Å². The van der Waals surface area contributed by atoms with Crippen LogP contribution in [-0.4, -0.2) is 24.1 Å². The van der Waals surface area contributed by atoms with E-state index in [1.165, 1.54) is 19.3 Å². The second-order valence-corrected chi connectivity index (χ2v) is 4.47. The third-order valence-electron chi connectivity index (χ3n) is 3.61. The van der Waals surface area contributed by atoms with Crippen LogP contribution >= 0.6 is 0 Å². The summed E-state index contributed by atoms with van der Waals surface area (Å²) in [4.78, 5) is 6.86. The van der Waals surface area contributed by atoms with Crippen LogP contribution in [0, 0.1) is 5.92 Å². The van der Waals surface area contributed by atoms with Crippen molar-refractivity contribution < 1.29 is 0 Å². The summed E-state index contributed by atoms with van der Waals surface area (Å²) in [5.41, 5.74) is 5.85. The van der Waals surface area contributed by atoms with Crippen molar-refractivity contribution in [1.29, 1.82) is 0 Å². The highest BCUT2D eigenvalue weighted by atomic mass is 15.2. The minimum Gasteiger partial charge on any atom is -0.354 e. The first kappa shape index (κ1) is 11.4. The maximum Gasteiger partial charge on any atom is 0.128 e. The highest BCUT2D eigenvalue weighted by molar-refractivity contribution is 5.39. The van der Waals surface area contributed by atoms with Crippen molar-refractivity contribution in [2.24, 2.45) is 11.7 Å². The van der Waals surface area contributed by atoms with E-state index in [1.54, 1.807) is 0 Å². The fourth-order valence-electron chi connectivity index (χ4n) is 2.79. The van der Waals surface area contributed by atoms with E-state index in [-0.39, 0.29) is 0 Å². The van der Waals surface area contributed by atoms with Crippen LogP contribution in [-0.2, 0) is 0 Å². The highest BCUT2D eigenvalue weighted by Gasteiger charge is 2.30. The van der Waals surface area contributed by atoms with Crippen LogP contribution in [0.2, 0.25) is 0 Å². The smallest absolute Gasteiger partial charge is 0.128 e. The van der Waals surface area contributed by atoms with E-state index in [4.69, 9.17) is 5.73 Å². The molecule has 0 radical (unpaired) electrons. The van der Waals surface area contributed by atoms with Crippen LogP contribution in [0.3, 0.4) is 0 Å². The molecule has 0 aliphatic heterocycles. The van der Waals surface area contributed by atoms with Gasteiger partial charge in [-0.25, -0.2) is 4.98 Å². The van der Waals surface area contributed by atoms with Gasteiger partial charge in [0.25, 0.3) is 0 Å². The van der Waals surface area contributed by atoms with Gasteiger partial charge in [0.2, 0.25) is 0 Å². The molecule has 2 N–H and O–H groups in total. The van der Waals surface area contributed by atoms with E-state index in [0.29, 0.717) is 12.0 Å². The number of anilines is 1. The van der Waals surface area contributed by atoms with E-state index >= 15 is 0 Å².